The van der Waals surface area contributed by atoms with Crippen LogP contribution in [0.5, 0.6) is 5.75 Å². The number of guanidine groups is 1. The van der Waals surface area contributed by atoms with Crippen LogP contribution >= 0.6 is 0 Å². The number of rotatable bonds is 6. The van der Waals surface area contributed by atoms with Crippen molar-refractivity contribution < 1.29 is 17.9 Å². The summed E-state index contributed by atoms with van der Waals surface area (Å²) in [6, 6.07) is 5.98. The number of hydrogen-bond donors (Lipinski definition) is 2. The van der Waals surface area contributed by atoms with Crippen LogP contribution in [0.15, 0.2) is 41.7 Å². The zero-order chi connectivity index (χ0) is 18.3. The number of hydrogen-bond acceptors (Lipinski definition) is 3. The molecule has 0 aliphatic carbocycles. The van der Waals surface area contributed by atoms with Gasteiger partial charge >= 0.3 is 6.36 Å². The number of ether oxygens (including phenoxy) is 1. The van der Waals surface area contributed by atoms with Crippen molar-refractivity contribution in [3.8, 4) is 5.75 Å². The zero-order valence-corrected chi connectivity index (χ0v) is 14.0. The molecule has 2 N–H and O–H groups in total. The van der Waals surface area contributed by atoms with Crippen molar-refractivity contribution in [2.75, 3.05) is 13.6 Å². The Labute approximate surface area is 143 Å². The van der Waals surface area contributed by atoms with Crippen molar-refractivity contribution >= 4 is 5.96 Å². The van der Waals surface area contributed by atoms with Crippen LogP contribution in [0.1, 0.15) is 11.1 Å². The summed E-state index contributed by atoms with van der Waals surface area (Å²) < 4.78 is 43.1. The average molecular weight is 355 g/mol. The first-order valence-corrected chi connectivity index (χ1v) is 7.64. The van der Waals surface area contributed by atoms with Crippen molar-refractivity contribution in [3.63, 3.8) is 0 Å². The lowest BCUT2D eigenvalue weighted by Gasteiger charge is -2.15. The van der Waals surface area contributed by atoms with Crippen LogP contribution in [0.25, 0.3) is 0 Å². The Bertz CT molecular complexity index is 712. The summed E-state index contributed by atoms with van der Waals surface area (Å²) in [7, 11) is 1.59. The minimum Gasteiger partial charge on any atom is -0.405 e. The molecule has 2 aromatic rings. The number of alkyl halides is 3. The van der Waals surface area contributed by atoms with Gasteiger partial charge in [0.2, 0.25) is 0 Å². The molecule has 9 heteroatoms. The lowest BCUT2D eigenvalue weighted by molar-refractivity contribution is -0.274. The first-order chi connectivity index (χ1) is 11.9. The molecule has 1 aromatic carbocycles. The Balaban J connectivity index is 1.86. The van der Waals surface area contributed by atoms with Crippen LogP contribution in [0.3, 0.4) is 0 Å². The molecule has 0 atom stereocenters. The van der Waals surface area contributed by atoms with E-state index in [1.165, 1.54) is 12.1 Å². The molecule has 2 rings (SSSR count). The number of aliphatic imine (C=N–C) groups is 1. The van der Waals surface area contributed by atoms with Crippen LogP contribution < -0.4 is 15.4 Å². The summed E-state index contributed by atoms with van der Waals surface area (Å²) in [5.41, 5.74) is 1.45. The molecule has 0 amide bonds. The van der Waals surface area contributed by atoms with Gasteiger partial charge in [-0.3, -0.25) is 9.67 Å². The van der Waals surface area contributed by atoms with Crippen LogP contribution in [-0.2, 0) is 13.1 Å². The molecular formula is C16H20F3N5O. The highest BCUT2D eigenvalue weighted by Gasteiger charge is 2.31. The standard InChI is InChI=1S/C16H20F3N5O/c1-12-9-23-24(11-12)8-7-21-15(20-2)22-10-13-5-3-4-6-14(13)25-16(17,18)19/h3-6,9,11H,7-8,10H2,1-2H3,(H2,20,21,22). The van der Waals surface area contributed by atoms with Gasteiger partial charge in [-0.05, 0) is 18.6 Å². The predicted molar refractivity (Wildman–Crippen MR) is 88.3 cm³/mol. The number of para-hydroxylation sites is 1. The van der Waals surface area contributed by atoms with Crippen LogP contribution in [0.2, 0.25) is 0 Å². The summed E-state index contributed by atoms with van der Waals surface area (Å²) in [6.07, 6.45) is -1.04. The van der Waals surface area contributed by atoms with Crippen LogP contribution in [0, 0.1) is 6.92 Å². The lowest BCUT2D eigenvalue weighted by Crippen LogP contribution is -2.38. The van der Waals surface area contributed by atoms with Crippen molar-refractivity contribution in [2.24, 2.45) is 4.99 Å². The van der Waals surface area contributed by atoms with Gasteiger partial charge in [-0.2, -0.15) is 5.10 Å². The van der Waals surface area contributed by atoms with Crippen molar-refractivity contribution in [1.82, 2.24) is 20.4 Å². The molecule has 0 bridgehead atoms. The first-order valence-electron chi connectivity index (χ1n) is 7.64. The Morgan fingerprint density at radius 3 is 2.68 bits per heavy atom. The third kappa shape index (κ3) is 6.36. The highest BCUT2D eigenvalue weighted by atomic mass is 19.4. The van der Waals surface area contributed by atoms with E-state index in [2.05, 4.69) is 25.5 Å². The highest BCUT2D eigenvalue weighted by molar-refractivity contribution is 5.79. The summed E-state index contributed by atoms with van der Waals surface area (Å²) >= 11 is 0. The number of nitrogens with one attached hydrogen (secondary N) is 2. The minimum atomic E-state index is -4.72. The molecule has 0 unspecified atom stereocenters. The van der Waals surface area contributed by atoms with Gasteiger partial charge in [-0.15, -0.1) is 13.2 Å². The van der Waals surface area contributed by atoms with E-state index in [9.17, 15) is 13.2 Å². The molecule has 0 aliphatic rings. The first kappa shape index (κ1) is 18.6. The fourth-order valence-electron chi connectivity index (χ4n) is 2.15. The van der Waals surface area contributed by atoms with Gasteiger partial charge in [-0.1, -0.05) is 18.2 Å². The Morgan fingerprint density at radius 2 is 2.04 bits per heavy atom. The number of aromatic nitrogens is 2. The number of nitrogens with zero attached hydrogens (tertiary/aromatic N) is 3. The Hall–Kier alpha value is -2.71. The maximum absolute atomic E-state index is 12.4. The van der Waals surface area contributed by atoms with Gasteiger partial charge in [0.15, 0.2) is 5.96 Å². The van der Waals surface area contributed by atoms with E-state index >= 15 is 0 Å². The van der Waals surface area contributed by atoms with Gasteiger partial charge in [0, 0.05) is 31.9 Å². The van der Waals surface area contributed by atoms with E-state index in [1.807, 2.05) is 13.1 Å². The van der Waals surface area contributed by atoms with Crippen molar-refractivity contribution in [1.29, 1.82) is 0 Å². The zero-order valence-electron chi connectivity index (χ0n) is 14.0. The molecule has 25 heavy (non-hydrogen) atoms. The third-order valence-corrected chi connectivity index (χ3v) is 3.26. The van der Waals surface area contributed by atoms with Gasteiger partial charge in [0.05, 0.1) is 12.7 Å². The molecule has 0 radical (unpaired) electrons. The second kappa shape index (κ2) is 8.41. The fourth-order valence-corrected chi connectivity index (χ4v) is 2.15. The van der Waals surface area contributed by atoms with Gasteiger partial charge < -0.3 is 15.4 Å². The van der Waals surface area contributed by atoms with Crippen molar-refractivity contribution in [3.05, 3.63) is 47.8 Å². The SMILES string of the molecule is CN=C(NCCn1cc(C)cn1)NCc1ccccc1OC(F)(F)F. The normalized spacial score (nSPS) is 12.1. The summed E-state index contributed by atoms with van der Waals surface area (Å²) in [5.74, 6) is 0.246. The highest BCUT2D eigenvalue weighted by Crippen LogP contribution is 2.25. The maximum atomic E-state index is 12.4. The summed E-state index contributed by atoms with van der Waals surface area (Å²) in [5, 5.41) is 10.2. The second-order valence-corrected chi connectivity index (χ2v) is 5.29. The number of benzene rings is 1. The quantitative estimate of drug-likeness (QED) is 0.617. The smallest absolute Gasteiger partial charge is 0.405 e. The molecule has 0 spiro atoms. The van der Waals surface area contributed by atoms with E-state index in [4.69, 9.17) is 0 Å². The Morgan fingerprint density at radius 1 is 1.28 bits per heavy atom. The molecule has 0 saturated carbocycles. The van der Waals surface area contributed by atoms with Gasteiger partial charge in [-0.25, -0.2) is 0 Å². The molecule has 1 heterocycles. The van der Waals surface area contributed by atoms with E-state index in [1.54, 1.807) is 30.1 Å². The summed E-state index contributed by atoms with van der Waals surface area (Å²) in [6.45, 7) is 3.31. The molecule has 0 saturated heterocycles. The molecule has 1 aromatic heterocycles. The molecule has 6 nitrogen and oxygen atoms in total. The summed E-state index contributed by atoms with van der Waals surface area (Å²) in [4.78, 5) is 4.05. The predicted octanol–water partition coefficient (Wildman–Crippen LogP) is 2.46. The largest absolute Gasteiger partial charge is 0.573 e. The molecular weight excluding hydrogens is 335 g/mol. The molecule has 0 aliphatic heterocycles. The number of aryl methyl sites for hydroxylation is 1. The van der Waals surface area contributed by atoms with E-state index in [0.717, 1.165) is 5.56 Å². The topological polar surface area (TPSA) is 63.5 Å². The van der Waals surface area contributed by atoms with Crippen LogP contribution in [-0.4, -0.2) is 35.7 Å². The maximum Gasteiger partial charge on any atom is 0.573 e. The van der Waals surface area contributed by atoms with Gasteiger partial charge in [0.1, 0.15) is 5.75 Å². The molecule has 136 valence electrons. The van der Waals surface area contributed by atoms with E-state index in [0.29, 0.717) is 24.6 Å². The Kier molecular flexibility index (Phi) is 6.26. The van der Waals surface area contributed by atoms with E-state index in [-0.39, 0.29) is 12.3 Å². The third-order valence-electron chi connectivity index (χ3n) is 3.26. The van der Waals surface area contributed by atoms with Crippen LogP contribution in [0.4, 0.5) is 13.2 Å². The molecule has 0 fully saturated rings. The van der Waals surface area contributed by atoms with E-state index < -0.39 is 6.36 Å². The van der Waals surface area contributed by atoms with Crippen molar-refractivity contribution in [2.45, 2.75) is 26.4 Å². The number of halogens is 3. The minimum absolute atomic E-state index is 0.146. The lowest BCUT2D eigenvalue weighted by atomic mass is 10.2. The monoisotopic (exact) mass is 355 g/mol. The average Bonchev–Trinajstić information content (AvgIpc) is 2.96. The fraction of sp³-hybridized carbons (Fsp3) is 0.375. The second-order valence-electron chi connectivity index (χ2n) is 5.29. The van der Waals surface area contributed by atoms with Gasteiger partial charge in [0.25, 0.3) is 0 Å².